The predicted octanol–water partition coefficient (Wildman–Crippen LogP) is -7.73. The maximum absolute atomic E-state index is 12.2. The lowest BCUT2D eigenvalue weighted by Crippen LogP contribution is -2.56. The molecule has 2 fully saturated rings. The second kappa shape index (κ2) is 11.9. The third-order valence-electron chi connectivity index (χ3n) is 5.80. The van der Waals surface area contributed by atoms with Crippen LogP contribution in [0, 0.1) is 0 Å². The van der Waals surface area contributed by atoms with Gasteiger partial charge in [-0.15, -0.1) is 0 Å². The van der Waals surface area contributed by atoms with Gasteiger partial charge in [0, 0.05) is 0 Å². The Balaban J connectivity index is 2.21. The molecule has 0 bridgehead atoms. The van der Waals surface area contributed by atoms with Crippen LogP contribution >= 0.6 is 0 Å². The van der Waals surface area contributed by atoms with E-state index in [9.17, 15) is 55.9 Å². The third kappa shape index (κ3) is 5.56. The molecule has 0 aliphatic carbocycles. The molecule has 0 aromatic rings. The minimum absolute atomic E-state index is 0.760. The SMILES string of the molecule is O=C(CO[C@]1(CO[C@]2(CO)O[C@H](CO)[C@@H](O)[C@@H]2O)O[C@H](CO)[C@@H](O)[C@@H]1O)[C@@H](O)[C@H](O)[C@H](O)CO. The summed E-state index contributed by atoms with van der Waals surface area (Å²) in [4.78, 5) is 12.2. The van der Waals surface area contributed by atoms with Gasteiger partial charge in [-0.25, -0.2) is 0 Å². The first-order valence-electron chi connectivity index (χ1n) is 10.3. The Bertz CT molecular complexity index is 666. The number of Topliss-reactive ketones (excluding diaryl/α,β-unsaturated/α-hetero) is 1. The van der Waals surface area contributed by atoms with Gasteiger partial charge in [0.05, 0.1) is 19.8 Å². The van der Waals surface area contributed by atoms with Crippen molar-refractivity contribution in [3.05, 3.63) is 0 Å². The highest BCUT2D eigenvalue weighted by atomic mass is 16.8. The topological polar surface area (TPSA) is 277 Å². The van der Waals surface area contributed by atoms with Gasteiger partial charge in [-0.2, -0.15) is 0 Å². The number of carbonyl (C=O) groups excluding carboxylic acids is 1. The smallest absolute Gasteiger partial charge is 0.222 e. The molecule has 16 nitrogen and oxygen atoms in total. The van der Waals surface area contributed by atoms with E-state index in [-0.39, 0.29) is 0 Å². The van der Waals surface area contributed by atoms with Gasteiger partial charge in [0.15, 0.2) is 5.78 Å². The van der Waals surface area contributed by atoms with Gasteiger partial charge in [-0.1, -0.05) is 0 Å². The maximum atomic E-state index is 12.2. The molecule has 0 saturated carbocycles. The van der Waals surface area contributed by atoms with E-state index < -0.39 is 112 Å². The maximum Gasteiger partial charge on any atom is 0.222 e. The predicted molar refractivity (Wildman–Crippen MR) is 103 cm³/mol. The average Bonchev–Trinajstić information content (AvgIpc) is 3.25. The van der Waals surface area contributed by atoms with Crippen LogP contribution in [0.2, 0.25) is 0 Å². The molecule has 2 heterocycles. The monoisotopic (exact) mass is 504 g/mol. The van der Waals surface area contributed by atoms with Gasteiger partial charge in [0.2, 0.25) is 11.6 Å². The van der Waals surface area contributed by atoms with Crippen LogP contribution in [-0.2, 0) is 23.7 Å². The fourth-order valence-corrected chi connectivity index (χ4v) is 3.60. The molecule has 11 atom stereocenters. The minimum atomic E-state index is -2.46. The van der Waals surface area contributed by atoms with Crippen molar-refractivity contribution in [1.82, 2.24) is 0 Å². The van der Waals surface area contributed by atoms with Crippen molar-refractivity contribution in [2.24, 2.45) is 0 Å². The molecule has 11 N–H and O–H groups in total. The van der Waals surface area contributed by atoms with Crippen LogP contribution in [0.4, 0.5) is 0 Å². The van der Waals surface area contributed by atoms with Gasteiger partial charge >= 0.3 is 0 Å². The summed E-state index contributed by atoms with van der Waals surface area (Å²) in [7, 11) is 0. The van der Waals surface area contributed by atoms with E-state index in [1.807, 2.05) is 0 Å². The zero-order valence-electron chi connectivity index (χ0n) is 17.9. The summed E-state index contributed by atoms with van der Waals surface area (Å²) in [5.74, 6) is -6.06. The van der Waals surface area contributed by atoms with E-state index in [1.165, 1.54) is 0 Å². The molecule has 0 spiro atoms. The number of carbonyl (C=O) groups is 1. The molecular weight excluding hydrogens is 472 g/mol. The molecule has 2 rings (SSSR count). The summed E-state index contributed by atoms with van der Waals surface area (Å²) in [6.07, 6.45) is -16.4. The molecule has 0 radical (unpaired) electrons. The Kier molecular flexibility index (Phi) is 10.2. The first-order chi connectivity index (χ1) is 15.9. The number of ketones is 1. The Hall–Kier alpha value is -0.930. The summed E-state index contributed by atoms with van der Waals surface area (Å²) in [6, 6.07) is 0. The molecule has 16 heteroatoms. The van der Waals surface area contributed by atoms with Crippen LogP contribution in [0.3, 0.4) is 0 Å². The van der Waals surface area contributed by atoms with E-state index in [0.29, 0.717) is 0 Å². The van der Waals surface area contributed by atoms with Crippen LogP contribution in [0.5, 0.6) is 0 Å². The van der Waals surface area contributed by atoms with Gasteiger partial charge in [-0.05, 0) is 0 Å². The molecule has 2 aliphatic heterocycles. The summed E-state index contributed by atoms with van der Waals surface area (Å²) < 4.78 is 21.2. The highest BCUT2D eigenvalue weighted by Crippen LogP contribution is 2.37. The quantitative estimate of drug-likeness (QED) is 0.111. The van der Waals surface area contributed by atoms with E-state index >= 15 is 0 Å². The lowest BCUT2D eigenvalue weighted by Gasteiger charge is -2.37. The molecule has 34 heavy (non-hydrogen) atoms. The minimum Gasteiger partial charge on any atom is -0.394 e. The highest BCUT2D eigenvalue weighted by Gasteiger charge is 2.60. The number of aliphatic hydroxyl groups is 11. The summed E-state index contributed by atoms with van der Waals surface area (Å²) in [6.45, 7) is -5.72. The fraction of sp³-hybridized carbons (Fsp3) is 0.944. The van der Waals surface area contributed by atoms with Crippen LogP contribution in [0.25, 0.3) is 0 Å². The van der Waals surface area contributed by atoms with Crippen molar-refractivity contribution in [2.45, 2.75) is 66.5 Å². The number of hydrogen-bond acceptors (Lipinski definition) is 16. The molecule has 2 aliphatic rings. The van der Waals surface area contributed by atoms with Gasteiger partial charge in [0.1, 0.15) is 74.8 Å². The van der Waals surface area contributed by atoms with E-state index in [1.54, 1.807) is 0 Å². The first-order valence-corrected chi connectivity index (χ1v) is 10.3. The van der Waals surface area contributed by atoms with Crippen LogP contribution < -0.4 is 0 Å². The molecular formula is C18H32O16. The van der Waals surface area contributed by atoms with Gasteiger partial charge < -0.3 is 75.1 Å². The zero-order valence-corrected chi connectivity index (χ0v) is 17.9. The van der Waals surface area contributed by atoms with Crippen molar-refractivity contribution in [3.63, 3.8) is 0 Å². The highest BCUT2D eigenvalue weighted by molar-refractivity contribution is 5.84. The Labute approximate surface area is 192 Å². The second-order valence-corrected chi connectivity index (χ2v) is 8.06. The Morgan fingerprint density at radius 1 is 0.824 bits per heavy atom. The number of ether oxygens (including phenoxy) is 4. The standard InChI is InChI=1S/C18H32O16/c19-1-7(23)11(25)12(26)8(24)4-31-18(16(30)14(28)10(3-21)34-18)6-32-17(5-22)15(29)13(27)9(2-20)33-17/h7,9-16,19-23,25-30H,1-6H2/t7-,9-,10-,11-,12-,13-,14-,15+,16+,17-,18-/m1/s1. The summed E-state index contributed by atoms with van der Waals surface area (Å²) in [5.41, 5.74) is 0. The van der Waals surface area contributed by atoms with Crippen molar-refractivity contribution < 1.29 is 79.9 Å². The Morgan fingerprint density at radius 2 is 1.32 bits per heavy atom. The van der Waals surface area contributed by atoms with E-state index in [2.05, 4.69) is 0 Å². The molecule has 0 aromatic heterocycles. The van der Waals surface area contributed by atoms with Crippen molar-refractivity contribution in [2.75, 3.05) is 39.6 Å². The van der Waals surface area contributed by atoms with Crippen molar-refractivity contribution in [3.8, 4) is 0 Å². The first kappa shape index (κ1) is 29.3. The largest absolute Gasteiger partial charge is 0.394 e. The van der Waals surface area contributed by atoms with Crippen molar-refractivity contribution in [1.29, 1.82) is 0 Å². The Morgan fingerprint density at radius 3 is 1.76 bits per heavy atom. The molecule has 0 unspecified atom stereocenters. The van der Waals surface area contributed by atoms with Crippen LogP contribution in [0.15, 0.2) is 0 Å². The molecule has 0 amide bonds. The van der Waals surface area contributed by atoms with Crippen molar-refractivity contribution >= 4 is 5.78 Å². The lowest BCUT2D eigenvalue weighted by atomic mass is 10.0. The summed E-state index contributed by atoms with van der Waals surface area (Å²) in [5, 5.41) is 107. The van der Waals surface area contributed by atoms with Gasteiger partial charge in [0.25, 0.3) is 0 Å². The van der Waals surface area contributed by atoms with Gasteiger partial charge in [-0.3, -0.25) is 4.79 Å². The van der Waals surface area contributed by atoms with Crippen LogP contribution in [-0.4, -0.2) is 168 Å². The number of hydrogen-bond donors (Lipinski definition) is 11. The normalized spacial score (nSPS) is 40.9. The van der Waals surface area contributed by atoms with Crippen LogP contribution in [0.1, 0.15) is 0 Å². The molecule has 0 aromatic carbocycles. The zero-order chi connectivity index (χ0) is 25.8. The van der Waals surface area contributed by atoms with E-state index in [4.69, 9.17) is 24.1 Å². The fourth-order valence-electron chi connectivity index (χ4n) is 3.60. The lowest BCUT2D eigenvalue weighted by molar-refractivity contribution is -0.338. The second-order valence-electron chi connectivity index (χ2n) is 8.06. The van der Waals surface area contributed by atoms with E-state index in [0.717, 1.165) is 0 Å². The number of aliphatic hydroxyl groups excluding tert-OH is 11. The number of rotatable bonds is 13. The molecule has 2 saturated heterocycles. The molecule has 200 valence electrons. The summed E-state index contributed by atoms with van der Waals surface area (Å²) >= 11 is 0. The average molecular weight is 504 g/mol. The third-order valence-corrected chi connectivity index (χ3v) is 5.80.